The fourth-order valence-corrected chi connectivity index (χ4v) is 4.91. The van der Waals surface area contributed by atoms with E-state index in [1.807, 2.05) is 6.07 Å². The first-order valence-electron chi connectivity index (χ1n) is 7.58. The maximum absolute atomic E-state index is 12.8. The maximum atomic E-state index is 12.8. The average Bonchev–Trinajstić information content (AvgIpc) is 2.92. The molecule has 1 fully saturated rings. The topological polar surface area (TPSA) is 55.4 Å². The van der Waals surface area contributed by atoms with Crippen molar-refractivity contribution in [3.05, 3.63) is 53.1 Å². The van der Waals surface area contributed by atoms with Crippen molar-refractivity contribution in [1.82, 2.24) is 5.32 Å². The van der Waals surface area contributed by atoms with Crippen LogP contribution in [0.15, 0.2) is 52.3 Å². The Balaban J connectivity index is 1.74. The van der Waals surface area contributed by atoms with E-state index in [9.17, 15) is 8.42 Å². The Labute approximate surface area is 140 Å². The van der Waals surface area contributed by atoms with Crippen molar-refractivity contribution < 1.29 is 13.2 Å². The number of ether oxygens (including phenoxy) is 1. The van der Waals surface area contributed by atoms with E-state index in [1.165, 1.54) is 6.07 Å². The molecule has 0 aliphatic carbocycles. The summed E-state index contributed by atoms with van der Waals surface area (Å²) >= 11 is 5.92. The minimum absolute atomic E-state index is 0.0999. The maximum Gasteiger partial charge on any atom is 0.206 e. The molecule has 6 heteroatoms. The van der Waals surface area contributed by atoms with Crippen LogP contribution in [0.5, 0.6) is 5.75 Å². The molecule has 2 aliphatic rings. The molecule has 4 nitrogen and oxygen atoms in total. The largest absolute Gasteiger partial charge is 0.488 e. The predicted molar refractivity (Wildman–Crippen MR) is 88.0 cm³/mol. The molecule has 1 N–H and O–H groups in total. The molecule has 2 aliphatic heterocycles. The van der Waals surface area contributed by atoms with Crippen LogP contribution in [0.3, 0.4) is 0 Å². The van der Waals surface area contributed by atoms with E-state index in [1.54, 1.807) is 30.3 Å². The van der Waals surface area contributed by atoms with Gasteiger partial charge in [0.2, 0.25) is 9.84 Å². The highest BCUT2D eigenvalue weighted by atomic mass is 35.5. The molecule has 2 heterocycles. The molecule has 2 aromatic carbocycles. The van der Waals surface area contributed by atoms with Gasteiger partial charge in [-0.15, -0.1) is 0 Å². The summed E-state index contributed by atoms with van der Waals surface area (Å²) in [5.41, 5.74) is 1.11. The van der Waals surface area contributed by atoms with Gasteiger partial charge < -0.3 is 10.1 Å². The molecule has 1 saturated heterocycles. The average molecular weight is 350 g/mol. The minimum Gasteiger partial charge on any atom is -0.488 e. The number of hydrogen-bond acceptors (Lipinski definition) is 4. The van der Waals surface area contributed by atoms with Gasteiger partial charge in [-0.25, -0.2) is 8.42 Å². The van der Waals surface area contributed by atoms with E-state index >= 15 is 0 Å². The van der Waals surface area contributed by atoms with Crippen molar-refractivity contribution >= 4 is 21.4 Å². The van der Waals surface area contributed by atoms with Gasteiger partial charge >= 0.3 is 0 Å². The van der Waals surface area contributed by atoms with E-state index in [0.717, 1.165) is 25.1 Å². The van der Waals surface area contributed by atoms with Crippen LogP contribution in [-0.4, -0.2) is 27.6 Å². The Morgan fingerprint density at radius 2 is 1.96 bits per heavy atom. The monoisotopic (exact) mass is 349 g/mol. The van der Waals surface area contributed by atoms with E-state index < -0.39 is 9.84 Å². The van der Waals surface area contributed by atoms with Gasteiger partial charge in [-0.1, -0.05) is 23.7 Å². The lowest BCUT2D eigenvalue weighted by molar-refractivity contribution is 0.176. The lowest BCUT2D eigenvalue weighted by atomic mass is 9.90. The van der Waals surface area contributed by atoms with Crippen molar-refractivity contribution in [2.45, 2.75) is 28.2 Å². The van der Waals surface area contributed by atoms with Crippen LogP contribution in [0, 0.1) is 0 Å². The third kappa shape index (κ3) is 2.53. The van der Waals surface area contributed by atoms with Gasteiger partial charge in [0.25, 0.3) is 0 Å². The summed E-state index contributed by atoms with van der Waals surface area (Å²) < 4.78 is 31.5. The van der Waals surface area contributed by atoms with Gasteiger partial charge in [0, 0.05) is 23.0 Å². The van der Waals surface area contributed by atoms with E-state index in [2.05, 4.69) is 5.32 Å². The summed E-state index contributed by atoms with van der Waals surface area (Å²) in [6, 6.07) is 11.5. The highest BCUT2D eigenvalue weighted by Crippen LogP contribution is 2.42. The number of hydrogen-bond donors (Lipinski definition) is 1. The molecule has 0 amide bonds. The van der Waals surface area contributed by atoms with E-state index in [-0.39, 0.29) is 15.9 Å². The fourth-order valence-electron chi connectivity index (χ4n) is 3.33. The lowest BCUT2D eigenvalue weighted by Gasteiger charge is -2.24. The van der Waals surface area contributed by atoms with E-state index in [4.69, 9.17) is 16.3 Å². The van der Waals surface area contributed by atoms with Gasteiger partial charge in [0.1, 0.15) is 11.9 Å². The van der Waals surface area contributed by atoms with Crippen LogP contribution >= 0.6 is 11.6 Å². The number of piperidine rings is 1. The summed E-state index contributed by atoms with van der Waals surface area (Å²) in [6.45, 7) is 1.77. The number of sulfone groups is 1. The standard InChI is InChI=1S/C17H16ClNO3S/c18-11-2-1-3-12(8-11)23(20,21)13-4-5-14-15-6-7-19-10-17(15)22-16(14)9-13/h1-5,8-9,15,17,19H,6-7,10H2/t15-,17-/m0/s1. The first-order valence-corrected chi connectivity index (χ1v) is 9.44. The number of halogens is 1. The number of benzene rings is 2. The highest BCUT2D eigenvalue weighted by Gasteiger charge is 2.36. The van der Waals surface area contributed by atoms with Crippen molar-refractivity contribution in [3.8, 4) is 5.75 Å². The smallest absolute Gasteiger partial charge is 0.206 e. The third-order valence-corrected chi connectivity index (χ3v) is 6.49. The molecule has 0 saturated carbocycles. The van der Waals surface area contributed by atoms with Crippen LogP contribution in [-0.2, 0) is 9.84 Å². The van der Waals surface area contributed by atoms with Gasteiger partial charge in [-0.2, -0.15) is 0 Å². The van der Waals surface area contributed by atoms with Gasteiger partial charge in [-0.3, -0.25) is 0 Å². The molecule has 0 unspecified atom stereocenters. The third-order valence-electron chi connectivity index (χ3n) is 4.51. The van der Waals surface area contributed by atoms with Crippen LogP contribution in [0.25, 0.3) is 0 Å². The van der Waals surface area contributed by atoms with Crippen molar-refractivity contribution in [3.63, 3.8) is 0 Å². The Kier molecular flexibility index (Phi) is 3.59. The molecular formula is C17H16ClNO3S. The van der Waals surface area contributed by atoms with Crippen molar-refractivity contribution in [2.24, 2.45) is 0 Å². The fraction of sp³-hybridized carbons (Fsp3) is 0.294. The molecule has 0 radical (unpaired) electrons. The SMILES string of the molecule is O=S(=O)(c1cccc(Cl)c1)c1ccc2c(c1)O[C@H]1CNCC[C@@H]21. The number of fused-ring (bicyclic) bond motifs is 3. The van der Waals surface area contributed by atoms with E-state index in [0.29, 0.717) is 16.7 Å². The van der Waals surface area contributed by atoms with Crippen molar-refractivity contribution in [2.75, 3.05) is 13.1 Å². The first kappa shape index (κ1) is 15.0. The predicted octanol–water partition coefficient (Wildman–Crippen LogP) is 3.01. The highest BCUT2D eigenvalue weighted by molar-refractivity contribution is 7.91. The molecular weight excluding hydrogens is 334 g/mol. The Morgan fingerprint density at radius 1 is 1.13 bits per heavy atom. The Morgan fingerprint density at radius 3 is 2.78 bits per heavy atom. The molecule has 4 rings (SSSR count). The summed E-state index contributed by atoms with van der Waals surface area (Å²) in [5.74, 6) is 1.04. The summed E-state index contributed by atoms with van der Waals surface area (Å²) in [4.78, 5) is 0.437. The van der Waals surface area contributed by atoms with Gasteiger partial charge in [0.15, 0.2) is 0 Å². The molecule has 0 bridgehead atoms. The second-order valence-electron chi connectivity index (χ2n) is 5.92. The quantitative estimate of drug-likeness (QED) is 0.905. The number of rotatable bonds is 2. The normalized spacial score (nSPS) is 23.0. The molecule has 0 aromatic heterocycles. The molecule has 2 atom stereocenters. The zero-order valence-electron chi connectivity index (χ0n) is 12.3. The zero-order chi connectivity index (χ0) is 16.0. The van der Waals surface area contributed by atoms with Crippen LogP contribution < -0.4 is 10.1 Å². The van der Waals surface area contributed by atoms with Crippen LogP contribution in [0.1, 0.15) is 17.9 Å². The zero-order valence-corrected chi connectivity index (χ0v) is 13.9. The van der Waals surface area contributed by atoms with Crippen molar-refractivity contribution in [1.29, 1.82) is 0 Å². The lowest BCUT2D eigenvalue weighted by Crippen LogP contribution is -2.39. The number of nitrogens with one attached hydrogen (secondary N) is 1. The Bertz CT molecular complexity index is 866. The van der Waals surface area contributed by atoms with Crippen LogP contribution in [0.2, 0.25) is 5.02 Å². The minimum atomic E-state index is -3.60. The summed E-state index contributed by atoms with van der Waals surface area (Å²) in [7, 11) is -3.60. The summed E-state index contributed by atoms with van der Waals surface area (Å²) in [5, 5.41) is 3.71. The second kappa shape index (κ2) is 5.51. The van der Waals surface area contributed by atoms with Crippen LogP contribution in [0.4, 0.5) is 0 Å². The summed E-state index contributed by atoms with van der Waals surface area (Å²) in [6.07, 6.45) is 1.11. The van der Waals surface area contributed by atoms with Gasteiger partial charge in [0.05, 0.1) is 9.79 Å². The molecule has 120 valence electrons. The Hall–Kier alpha value is -1.56. The molecule has 0 spiro atoms. The molecule has 23 heavy (non-hydrogen) atoms. The first-order chi connectivity index (χ1) is 11.1. The second-order valence-corrected chi connectivity index (χ2v) is 8.30. The molecule has 2 aromatic rings. The van der Waals surface area contributed by atoms with Gasteiger partial charge in [-0.05, 0) is 43.3 Å².